The standard InChI is InChI=1S/C9H16O2/c1-3-9-6-4-5-8(11-9)7(2)10-9/h7-8H,3-6H2,1-2H3/t7-,8+,9-/m0/s1. The minimum Gasteiger partial charge on any atom is -0.344 e. The third-order valence-electron chi connectivity index (χ3n) is 2.88. The summed E-state index contributed by atoms with van der Waals surface area (Å²) in [5.41, 5.74) is 0. The van der Waals surface area contributed by atoms with E-state index in [9.17, 15) is 0 Å². The molecular weight excluding hydrogens is 140 g/mol. The van der Waals surface area contributed by atoms with Crippen LogP contribution in [0.1, 0.15) is 39.5 Å². The second-order valence-electron chi connectivity index (χ2n) is 3.64. The summed E-state index contributed by atoms with van der Waals surface area (Å²) in [6, 6.07) is 0. The number of ether oxygens (including phenoxy) is 2. The van der Waals surface area contributed by atoms with Crippen LogP contribution >= 0.6 is 0 Å². The first-order valence-electron chi connectivity index (χ1n) is 4.61. The van der Waals surface area contributed by atoms with Gasteiger partial charge in [-0.15, -0.1) is 0 Å². The predicted octanol–water partition coefficient (Wildman–Crippen LogP) is 2.08. The maximum Gasteiger partial charge on any atom is 0.169 e. The summed E-state index contributed by atoms with van der Waals surface area (Å²) in [5.74, 6) is -0.192. The molecule has 2 aliphatic heterocycles. The van der Waals surface area contributed by atoms with Gasteiger partial charge >= 0.3 is 0 Å². The molecular formula is C9H16O2. The molecule has 11 heavy (non-hydrogen) atoms. The first-order valence-corrected chi connectivity index (χ1v) is 4.61. The summed E-state index contributed by atoms with van der Waals surface area (Å²) in [6.07, 6.45) is 5.23. The lowest BCUT2D eigenvalue weighted by Gasteiger charge is -2.30. The van der Waals surface area contributed by atoms with Gasteiger partial charge in [0.25, 0.3) is 0 Å². The molecule has 2 rings (SSSR count). The van der Waals surface area contributed by atoms with E-state index in [-0.39, 0.29) is 5.79 Å². The molecule has 2 nitrogen and oxygen atoms in total. The molecule has 0 amide bonds. The summed E-state index contributed by atoms with van der Waals surface area (Å²) in [6.45, 7) is 4.26. The fourth-order valence-electron chi connectivity index (χ4n) is 2.14. The molecule has 3 atom stereocenters. The van der Waals surface area contributed by atoms with Gasteiger partial charge in [-0.1, -0.05) is 6.92 Å². The van der Waals surface area contributed by atoms with Crippen LogP contribution in [0.15, 0.2) is 0 Å². The third kappa shape index (κ3) is 1.09. The normalized spacial score (nSPS) is 49.6. The van der Waals surface area contributed by atoms with Gasteiger partial charge in [0.2, 0.25) is 0 Å². The van der Waals surface area contributed by atoms with Gasteiger partial charge in [-0.25, -0.2) is 0 Å². The van der Waals surface area contributed by atoms with Gasteiger partial charge < -0.3 is 9.47 Å². The molecule has 64 valence electrons. The van der Waals surface area contributed by atoms with Crippen LogP contribution < -0.4 is 0 Å². The zero-order valence-corrected chi connectivity index (χ0v) is 7.30. The van der Waals surface area contributed by atoms with Gasteiger partial charge in [-0.2, -0.15) is 0 Å². The Kier molecular flexibility index (Phi) is 1.69. The fraction of sp³-hybridized carbons (Fsp3) is 1.00. The van der Waals surface area contributed by atoms with Gasteiger partial charge in [0.1, 0.15) is 0 Å². The van der Waals surface area contributed by atoms with Crippen LogP contribution in [0.25, 0.3) is 0 Å². The maximum atomic E-state index is 5.82. The molecule has 2 bridgehead atoms. The van der Waals surface area contributed by atoms with E-state index < -0.39 is 0 Å². The van der Waals surface area contributed by atoms with Crippen LogP contribution in [0.4, 0.5) is 0 Å². The summed E-state index contributed by atoms with van der Waals surface area (Å²) >= 11 is 0. The average molecular weight is 156 g/mol. The second kappa shape index (κ2) is 2.46. The van der Waals surface area contributed by atoms with Gasteiger partial charge in [-0.3, -0.25) is 0 Å². The van der Waals surface area contributed by atoms with Crippen LogP contribution in [0.2, 0.25) is 0 Å². The Morgan fingerprint density at radius 3 is 2.91 bits per heavy atom. The molecule has 0 aromatic heterocycles. The van der Waals surface area contributed by atoms with Crippen LogP contribution in [-0.2, 0) is 9.47 Å². The van der Waals surface area contributed by atoms with Gasteiger partial charge in [-0.05, 0) is 26.2 Å². The van der Waals surface area contributed by atoms with Crippen molar-refractivity contribution in [3.05, 3.63) is 0 Å². The highest BCUT2D eigenvalue weighted by Crippen LogP contribution is 2.41. The highest BCUT2D eigenvalue weighted by Gasteiger charge is 2.46. The van der Waals surface area contributed by atoms with E-state index in [4.69, 9.17) is 9.47 Å². The van der Waals surface area contributed by atoms with E-state index in [1.54, 1.807) is 0 Å². The largest absolute Gasteiger partial charge is 0.344 e. The average Bonchev–Trinajstić information content (AvgIpc) is 2.25. The third-order valence-corrected chi connectivity index (χ3v) is 2.88. The molecule has 2 heterocycles. The van der Waals surface area contributed by atoms with Crippen molar-refractivity contribution in [2.45, 2.75) is 57.5 Å². The highest BCUT2D eigenvalue weighted by molar-refractivity contribution is 4.87. The van der Waals surface area contributed by atoms with Crippen molar-refractivity contribution in [1.29, 1.82) is 0 Å². The van der Waals surface area contributed by atoms with Crippen LogP contribution in [0.5, 0.6) is 0 Å². The quantitative estimate of drug-likeness (QED) is 0.578. The minimum absolute atomic E-state index is 0.192. The lowest BCUT2D eigenvalue weighted by Crippen LogP contribution is -2.33. The first kappa shape index (κ1) is 7.56. The van der Waals surface area contributed by atoms with Crippen LogP contribution in [0, 0.1) is 0 Å². The molecule has 0 aromatic rings. The number of hydrogen-bond acceptors (Lipinski definition) is 2. The summed E-state index contributed by atoms with van der Waals surface area (Å²) < 4.78 is 11.6. The van der Waals surface area contributed by atoms with Crippen molar-refractivity contribution < 1.29 is 9.47 Å². The maximum absolute atomic E-state index is 5.82. The Morgan fingerprint density at radius 2 is 2.27 bits per heavy atom. The Morgan fingerprint density at radius 1 is 1.45 bits per heavy atom. The Labute approximate surface area is 67.9 Å². The fourth-order valence-corrected chi connectivity index (χ4v) is 2.14. The molecule has 0 radical (unpaired) electrons. The van der Waals surface area contributed by atoms with E-state index in [1.807, 2.05) is 0 Å². The molecule has 0 unspecified atom stereocenters. The zero-order chi connectivity index (χ0) is 7.90. The summed E-state index contributed by atoms with van der Waals surface area (Å²) in [7, 11) is 0. The Bertz CT molecular complexity index is 154. The molecule has 0 N–H and O–H groups in total. The number of fused-ring (bicyclic) bond motifs is 2. The molecule has 0 spiro atoms. The molecule has 2 saturated heterocycles. The van der Waals surface area contributed by atoms with Crippen LogP contribution in [0.3, 0.4) is 0 Å². The van der Waals surface area contributed by atoms with Gasteiger partial charge in [0.15, 0.2) is 5.79 Å². The van der Waals surface area contributed by atoms with E-state index in [0.717, 1.165) is 12.8 Å². The van der Waals surface area contributed by atoms with E-state index >= 15 is 0 Å². The molecule has 0 aromatic carbocycles. The van der Waals surface area contributed by atoms with Gasteiger partial charge in [0, 0.05) is 6.42 Å². The zero-order valence-electron chi connectivity index (χ0n) is 7.30. The molecule has 0 aliphatic carbocycles. The van der Waals surface area contributed by atoms with E-state index in [2.05, 4.69) is 13.8 Å². The van der Waals surface area contributed by atoms with E-state index in [0.29, 0.717) is 12.2 Å². The predicted molar refractivity (Wildman–Crippen MR) is 42.3 cm³/mol. The van der Waals surface area contributed by atoms with E-state index in [1.165, 1.54) is 12.8 Å². The van der Waals surface area contributed by atoms with Crippen molar-refractivity contribution >= 4 is 0 Å². The Balaban J connectivity index is 2.14. The molecule has 2 heteroatoms. The van der Waals surface area contributed by atoms with Crippen molar-refractivity contribution in [1.82, 2.24) is 0 Å². The monoisotopic (exact) mass is 156 g/mol. The Hall–Kier alpha value is -0.0800. The molecule has 0 saturated carbocycles. The minimum atomic E-state index is -0.192. The van der Waals surface area contributed by atoms with Gasteiger partial charge in [0.05, 0.1) is 12.2 Å². The molecule has 2 aliphatic rings. The smallest absolute Gasteiger partial charge is 0.169 e. The number of rotatable bonds is 1. The lowest BCUT2D eigenvalue weighted by molar-refractivity contribution is -0.193. The SMILES string of the molecule is CC[C@@]12CCC[C@@H](O1)[C@H](C)O2. The van der Waals surface area contributed by atoms with Crippen molar-refractivity contribution in [2.75, 3.05) is 0 Å². The second-order valence-corrected chi connectivity index (χ2v) is 3.64. The molecule has 2 fully saturated rings. The van der Waals surface area contributed by atoms with Crippen molar-refractivity contribution in [3.8, 4) is 0 Å². The van der Waals surface area contributed by atoms with Crippen molar-refractivity contribution in [3.63, 3.8) is 0 Å². The summed E-state index contributed by atoms with van der Waals surface area (Å²) in [5, 5.41) is 0. The summed E-state index contributed by atoms with van der Waals surface area (Å²) in [4.78, 5) is 0. The van der Waals surface area contributed by atoms with Crippen molar-refractivity contribution in [2.24, 2.45) is 0 Å². The van der Waals surface area contributed by atoms with Crippen LogP contribution in [-0.4, -0.2) is 18.0 Å². The topological polar surface area (TPSA) is 18.5 Å². The lowest BCUT2D eigenvalue weighted by atomic mass is 10.0. The number of hydrogen-bond donors (Lipinski definition) is 0. The highest BCUT2D eigenvalue weighted by atomic mass is 16.8. The first-order chi connectivity index (χ1) is 5.26.